The first-order valence-corrected chi connectivity index (χ1v) is 7.75. The maximum absolute atomic E-state index is 3.56. The minimum atomic E-state index is 1.04. The molecule has 4 heteroatoms. The molecule has 1 fully saturated rings. The van der Waals surface area contributed by atoms with E-state index in [4.69, 9.17) is 0 Å². The molecule has 1 aliphatic rings. The van der Waals surface area contributed by atoms with Crippen LogP contribution in [0.25, 0.3) is 0 Å². The third kappa shape index (κ3) is 4.27. The summed E-state index contributed by atoms with van der Waals surface area (Å²) in [4.78, 5) is 2.55. The van der Waals surface area contributed by atoms with Crippen molar-refractivity contribution in [2.75, 3.05) is 31.5 Å². The number of anilines is 1. The Balaban J connectivity index is 1.70. The van der Waals surface area contributed by atoms with Crippen LogP contribution >= 0.6 is 31.9 Å². The number of hydrogen-bond donors (Lipinski definition) is 1. The molecule has 0 radical (unpaired) electrons. The van der Waals surface area contributed by atoms with Crippen LogP contribution in [0.1, 0.15) is 19.3 Å². The highest BCUT2D eigenvalue weighted by Crippen LogP contribution is 2.26. The molecule has 1 aromatic rings. The summed E-state index contributed by atoms with van der Waals surface area (Å²) in [5.41, 5.74) is 1.18. The molecule has 17 heavy (non-hydrogen) atoms. The molecule has 2 nitrogen and oxygen atoms in total. The van der Waals surface area contributed by atoms with E-state index in [1.807, 2.05) is 0 Å². The fourth-order valence-electron chi connectivity index (χ4n) is 2.16. The largest absolute Gasteiger partial charge is 0.384 e. The molecule has 0 atom stereocenters. The van der Waals surface area contributed by atoms with E-state index < -0.39 is 0 Å². The first-order chi connectivity index (χ1) is 8.25. The second-order valence-electron chi connectivity index (χ2n) is 4.45. The Morgan fingerprint density at radius 1 is 1.18 bits per heavy atom. The first-order valence-electron chi connectivity index (χ1n) is 6.17. The van der Waals surface area contributed by atoms with Gasteiger partial charge in [-0.25, -0.2) is 0 Å². The second-order valence-corrected chi connectivity index (χ2v) is 6.22. The Kier molecular flexibility index (Phi) is 5.32. The Hall–Kier alpha value is -0.0600. The number of nitrogens with zero attached hydrogens (tertiary/aromatic N) is 1. The third-order valence-corrected chi connectivity index (χ3v) is 4.25. The SMILES string of the molecule is Brc1ccc(NCCCN2CCCC2)c(Br)c1. The summed E-state index contributed by atoms with van der Waals surface area (Å²) in [6.07, 6.45) is 3.97. The smallest absolute Gasteiger partial charge is 0.0485 e. The monoisotopic (exact) mass is 360 g/mol. The van der Waals surface area contributed by atoms with Gasteiger partial charge in [-0.1, -0.05) is 15.9 Å². The molecule has 94 valence electrons. The normalized spacial score (nSPS) is 16.4. The van der Waals surface area contributed by atoms with Crippen LogP contribution < -0.4 is 5.32 Å². The lowest BCUT2D eigenvalue weighted by Gasteiger charge is -2.15. The molecule has 2 rings (SSSR count). The van der Waals surface area contributed by atoms with Crippen molar-refractivity contribution in [2.24, 2.45) is 0 Å². The van der Waals surface area contributed by atoms with E-state index in [1.165, 1.54) is 44.6 Å². The van der Waals surface area contributed by atoms with Gasteiger partial charge in [0.1, 0.15) is 0 Å². The molecule has 0 aliphatic carbocycles. The molecule has 1 heterocycles. The highest BCUT2D eigenvalue weighted by atomic mass is 79.9. The quantitative estimate of drug-likeness (QED) is 0.794. The summed E-state index contributed by atoms with van der Waals surface area (Å²) in [6, 6.07) is 6.24. The Bertz CT molecular complexity index is 362. The average molecular weight is 362 g/mol. The van der Waals surface area contributed by atoms with E-state index in [2.05, 4.69) is 60.3 Å². The molecule has 1 saturated heterocycles. The van der Waals surface area contributed by atoms with E-state index in [0.29, 0.717) is 0 Å². The Labute approximate surface area is 120 Å². The lowest BCUT2D eigenvalue weighted by molar-refractivity contribution is 0.337. The van der Waals surface area contributed by atoms with E-state index in [9.17, 15) is 0 Å². The predicted molar refractivity (Wildman–Crippen MR) is 80.6 cm³/mol. The topological polar surface area (TPSA) is 15.3 Å². The fourth-order valence-corrected chi connectivity index (χ4v) is 3.35. The van der Waals surface area contributed by atoms with Crippen molar-refractivity contribution in [2.45, 2.75) is 19.3 Å². The van der Waals surface area contributed by atoms with Gasteiger partial charge in [0.2, 0.25) is 0 Å². The zero-order valence-electron chi connectivity index (χ0n) is 9.88. The average Bonchev–Trinajstić information content (AvgIpc) is 2.79. The molecule has 1 aliphatic heterocycles. The summed E-state index contributed by atoms with van der Waals surface area (Å²) in [5, 5.41) is 3.47. The van der Waals surface area contributed by atoms with Gasteiger partial charge in [-0.3, -0.25) is 0 Å². The molecular weight excluding hydrogens is 344 g/mol. The van der Waals surface area contributed by atoms with E-state index in [1.54, 1.807) is 0 Å². The third-order valence-electron chi connectivity index (χ3n) is 3.10. The summed E-state index contributed by atoms with van der Waals surface area (Å²) < 4.78 is 2.22. The summed E-state index contributed by atoms with van der Waals surface area (Å²) in [7, 11) is 0. The van der Waals surface area contributed by atoms with Crippen molar-refractivity contribution in [3.8, 4) is 0 Å². The van der Waals surface area contributed by atoms with Crippen molar-refractivity contribution >= 4 is 37.5 Å². The van der Waals surface area contributed by atoms with Crippen LogP contribution in [-0.4, -0.2) is 31.1 Å². The Morgan fingerprint density at radius 2 is 1.94 bits per heavy atom. The predicted octanol–water partition coefficient (Wildman–Crippen LogP) is 4.11. The highest BCUT2D eigenvalue weighted by molar-refractivity contribution is 9.11. The number of halogens is 2. The van der Waals surface area contributed by atoms with E-state index in [-0.39, 0.29) is 0 Å². The molecular formula is C13H18Br2N2. The van der Waals surface area contributed by atoms with Crippen molar-refractivity contribution < 1.29 is 0 Å². The van der Waals surface area contributed by atoms with Crippen LogP contribution in [0.5, 0.6) is 0 Å². The van der Waals surface area contributed by atoms with Crippen molar-refractivity contribution in [1.29, 1.82) is 0 Å². The van der Waals surface area contributed by atoms with Crippen LogP contribution in [0.4, 0.5) is 5.69 Å². The zero-order valence-corrected chi connectivity index (χ0v) is 13.1. The van der Waals surface area contributed by atoms with Gasteiger partial charge in [0.15, 0.2) is 0 Å². The van der Waals surface area contributed by atoms with Crippen LogP contribution in [0, 0.1) is 0 Å². The van der Waals surface area contributed by atoms with Gasteiger partial charge >= 0.3 is 0 Å². The van der Waals surface area contributed by atoms with E-state index >= 15 is 0 Å². The van der Waals surface area contributed by atoms with Gasteiger partial charge in [0.25, 0.3) is 0 Å². The Morgan fingerprint density at radius 3 is 2.65 bits per heavy atom. The van der Waals surface area contributed by atoms with E-state index in [0.717, 1.165) is 15.5 Å². The summed E-state index contributed by atoms with van der Waals surface area (Å²) in [5.74, 6) is 0. The van der Waals surface area contributed by atoms with Gasteiger partial charge in [0, 0.05) is 21.2 Å². The van der Waals surface area contributed by atoms with Crippen LogP contribution in [-0.2, 0) is 0 Å². The van der Waals surface area contributed by atoms with Gasteiger partial charge in [-0.15, -0.1) is 0 Å². The second kappa shape index (κ2) is 6.76. The van der Waals surface area contributed by atoms with Gasteiger partial charge < -0.3 is 10.2 Å². The molecule has 0 amide bonds. The van der Waals surface area contributed by atoms with Crippen molar-refractivity contribution in [3.63, 3.8) is 0 Å². The lowest BCUT2D eigenvalue weighted by Crippen LogP contribution is -2.22. The minimum Gasteiger partial charge on any atom is -0.384 e. The molecule has 0 spiro atoms. The summed E-state index contributed by atoms with van der Waals surface area (Å²) in [6.45, 7) is 4.85. The highest BCUT2D eigenvalue weighted by Gasteiger charge is 2.10. The molecule has 0 saturated carbocycles. The number of rotatable bonds is 5. The minimum absolute atomic E-state index is 1.04. The van der Waals surface area contributed by atoms with Crippen LogP contribution in [0.2, 0.25) is 0 Å². The van der Waals surface area contributed by atoms with Gasteiger partial charge in [-0.05, 0) is 73.0 Å². The maximum atomic E-state index is 3.56. The van der Waals surface area contributed by atoms with Crippen LogP contribution in [0.3, 0.4) is 0 Å². The fraction of sp³-hybridized carbons (Fsp3) is 0.538. The number of hydrogen-bond acceptors (Lipinski definition) is 2. The molecule has 0 bridgehead atoms. The number of likely N-dealkylation sites (tertiary alicyclic amines) is 1. The summed E-state index contributed by atoms with van der Waals surface area (Å²) >= 11 is 7.02. The molecule has 0 unspecified atom stereocenters. The van der Waals surface area contributed by atoms with Gasteiger partial charge in [-0.2, -0.15) is 0 Å². The van der Waals surface area contributed by atoms with Crippen LogP contribution in [0.15, 0.2) is 27.1 Å². The first kappa shape index (κ1) is 13.4. The zero-order chi connectivity index (χ0) is 12.1. The maximum Gasteiger partial charge on any atom is 0.0485 e. The number of benzene rings is 1. The lowest BCUT2D eigenvalue weighted by atomic mass is 10.3. The van der Waals surface area contributed by atoms with Crippen molar-refractivity contribution in [1.82, 2.24) is 4.90 Å². The van der Waals surface area contributed by atoms with Crippen molar-refractivity contribution in [3.05, 3.63) is 27.1 Å². The molecule has 1 aromatic carbocycles. The van der Waals surface area contributed by atoms with Gasteiger partial charge in [0.05, 0.1) is 0 Å². The molecule has 0 aromatic heterocycles. The number of nitrogens with one attached hydrogen (secondary N) is 1. The molecule has 1 N–H and O–H groups in total. The standard InChI is InChI=1S/C13H18Br2N2/c14-11-4-5-13(12(15)10-11)16-6-3-9-17-7-1-2-8-17/h4-5,10,16H,1-3,6-9H2.